The van der Waals surface area contributed by atoms with E-state index in [0.29, 0.717) is 6.54 Å². The van der Waals surface area contributed by atoms with Gasteiger partial charge in [0.05, 0.1) is 25.8 Å². The van der Waals surface area contributed by atoms with Gasteiger partial charge in [-0.15, -0.1) is 0 Å². The predicted molar refractivity (Wildman–Crippen MR) is 113 cm³/mol. The number of nitrogens with zero attached hydrogens (tertiary/aromatic N) is 3. The third-order valence-electron chi connectivity index (χ3n) is 5.05. The molecule has 0 amide bonds. The van der Waals surface area contributed by atoms with Gasteiger partial charge in [0.2, 0.25) is 0 Å². The van der Waals surface area contributed by atoms with Crippen LogP contribution >= 0.6 is 11.8 Å². The van der Waals surface area contributed by atoms with Gasteiger partial charge in [0.15, 0.2) is 5.96 Å². The van der Waals surface area contributed by atoms with Crippen molar-refractivity contribution in [3.8, 4) is 0 Å². The van der Waals surface area contributed by atoms with E-state index in [1.165, 1.54) is 0 Å². The molecule has 3 heterocycles. The average molecular weight is 395 g/mol. The summed E-state index contributed by atoms with van der Waals surface area (Å²) in [5, 5.41) is 3.50. The number of nitrogens with one attached hydrogen (secondary N) is 1. The molecule has 6 nitrogen and oxygen atoms in total. The Kier molecular flexibility index (Phi) is 7.11. The second-order valence-electron chi connectivity index (χ2n) is 7.84. The van der Waals surface area contributed by atoms with Crippen LogP contribution in [0.5, 0.6) is 0 Å². The molecule has 2 aliphatic heterocycles. The van der Waals surface area contributed by atoms with E-state index in [0.717, 1.165) is 69.2 Å². The number of thioether (sulfide) groups is 1. The number of hydrogen-bond donors (Lipinski definition) is 1. The second kappa shape index (κ2) is 9.34. The lowest BCUT2D eigenvalue weighted by atomic mass is 10.1. The van der Waals surface area contributed by atoms with Crippen LogP contribution in [0.3, 0.4) is 0 Å². The standard InChI is InChI=1S/C20H34N4O2S/c1-5-21-19(24-10-13-27-20(3,4)15-24)22-14-17(18-7-6-16(2)26-18)23-8-11-25-12-9-23/h6-7,17H,5,8-15H2,1-4H3,(H,21,22). The lowest BCUT2D eigenvalue weighted by Gasteiger charge is -2.39. The smallest absolute Gasteiger partial charge is 0.194 e. The minimum absolute atomic E-state index is 0.156. The average Bonchev–Trinajstić information content (AvgIpc) is 3.07. The van der Waals surface area contributed by atoms with E-state index in [1.54, 1.807) is 0 Å². The number of morpholine rings is 1. The van der Waals surface area contributed by atoms with Crippen molar-refractivity contribution >= 4 is 17.7 Å². The summed E-state index contributed by atoms with van der Waals surface area (Å²) in [6.45, 7) is 15.8. The van der Waals surface area contributed by atoms with Crippen LogP contribution in [0.25, 0.3) is 0 Å². The zero-order valence-corrected chi connectivity index (χ0v) is 18.0. The Morgan fingerprint density at radius 1 is 1.30 bits per heavy atom. The van der Waals surface area contributed by atoms with Crippen molar-refractivity contribution in [3.63, 3.8) is 0 Å². The summed E-state index contributed by atoms with van der Waals surface area (Å²) >= 11 is 2.04. The summed E-state index contributed by atoms with van der Waals surface area (Å²) in [6, 6.07) is 4.30. The van der Waals surface area contributed by atoms with Crippen LogP contribution in [-0.2, 0) is 4.74 Å². The molecule has 1 N–H and O–H groups in total. The lowest BCUT2D eigenvalue weighted by molar-refractivity contribution is 0.0135. The van der Waals surface area contributed by atoms with Gasteiger partial charge in [0.25, 0.3) is 0 Å². The molecule has 1 unspecified atom stereocenters. The van der Waals surface area contributed by atoms with Crippen LogP contribution in [0.4, 0.5) is 0 Å². The number of aliphatic imine (C=N–C) groups is 1. The Hall–Kier alpha value is -1.18. The van der Waals surface area contributed by atoms with Gasteiger partial charge >= 0.3 is 0 Å². The van der Waals surface area contributed by atoms with Crippen LogP contribution in [-0.4, -0.2) is 78.7 Å². The first-order chi connectivity index (χ1) is 13.0. The molecular formula is C20H34N4O2S. The molecule has 0 radical (unpaired) electrons. The minimum Gasteiger partial charge on any atom is -0.465 e. The predicted octanol–water partition coefficient (Wildman–Crippen LogP) is 2.75. The molecule has 152 valence electrons. The Bertz CT molecular complexity index is 625. The van der Waals surface area contributed by atoms with Crippen LogP contribution in [0.15, 0.2) is 21.5 Å². The molecular weight excluding hydrogens is 360 g/mol. The molecule has 27 heavy (non-hydrogen) atoms. The SMILES string of the molecule is CCNC(=NCC(c1ccc(C)o1)N1CCOCC1)N1CCSC(C)(C)C1. The van der Waals surface area contributed by atoms with Gasteiger partial charge in [0, 0.05) is 43.2 Å². The monoisotopic (exact) mass is 394 g/mol. The number of guanidine groups is 1. The molecule has 1 atom stereocenters. The van der Waals surface area contributed by atoms with Gasteiger partial charge in [-0.25, -0.2) is 0 Å². The maximum Gasteiger partial charge on any atom is 0.194 e. The van der Waals surface area contributed by atoms with Crippen molar-refractivity contribution in [3.05, 3.63) is 23.7 Å². The highest BCUT2D eigenvalue weighted by atomic mass is 32.2. The summed E-state index contributed by atoms with van der Waals surface area (Å²) in [6.07, 6.45) is 0. The molecule has 2 aliphatic rings. The minimum atomic E-state index is 0.156. The maximum absolute atomic E-state index is 5.98. The third-order valence-corrected chi connectivity index (χ3v) is 6.35. The highest BCUT2D eigenvalue weighted by Gasteiger charge is 2.30. The summed E-state index contributed by atoms with van der Waals surface area (Å²) < 4.78 is 11.8. The molecule has 0 spiro atoms. The normalized spacial score (nSPS) is 22.7. The van der Waals surface area contributed by atoms with Crippen molar-refractivity contribution in [1.29, 1.82) is 0 Å². The van der Waals surface area contributed by atoms with Gasteiger partial charge in [-0.3, -0.25) is 9.89 Å². The first-order valence-corrected chi connectivity index (χ1v) is 11.0. The highest BCUT2D eigenvalue weighted by Crippen LogP contribution is 2.30. The summed E-state index contributed by atoms with van der Waals surface area (Å²) in [5.41, 5.74) is 0. The fraction of sp³-hybridized carbons (Fsp3) is 0.750. The second-order valence-corrected chi connectivity index (χ2v) is 9.64. The van der Waals surface area contributed by atoms with Crippen LogP contribution < -0.4 is 5.32 Å². The Morgan fingerprint density at radius 3 is 2.70 bits per heavy atom. The van der Waals surface area contributed by atoms with Crippen LogP contribution in [0.1, 0.15) is 38.3 Å². The highest BCUT2D eigenvalue weighted by molar-refractivity contribution is 8.00. The van der Waals surface area contributed by atoms with Crippen molar-refractivity contribution in [2.75, 3.05) is 58.2 Å². The number of aryl methyl sites for hydroxylation is 1. The third kappa shape index (κ3) is 5.65. The zero-order chi connectivity index (χ0) is 19.3. The van der Waals surface area contributed by atoms with Gasteiger partial charge in [-0.2, -0.15) is 11.8 Å². The molecule has 0 bridgehead atoms. The molecule has 0 saturated carbocycles. The van der Waals surface area contributed by atoms with Crippen molar-refractivity contribution < 1.29 is 9.15 Å². The van der Waals surface area contributed by atoms with E-state index in [1.807, 2.05) is 24.8 Å². The van der Waals surface area contributed by atoms with E-state index in [4.69, 9.17) is 14.1 Å². The van der Waals surface area contributed by atoms with Crippen molar-refractivity contribution in [2.24, 2.45) is 4.99 Å². The van der Waals surface area contributed by atoms with E-state index < -0.39 is 0 Å². The molecule has 1 aromatic heterocycles. The maximum atomic E-state index is 5.98. The molecule has 0 aliphatic carbocycles. The van der Waals surface area contributed by atoms with E-state index in [-0.39, 0.29) is 10.8 Å². The molecule has 3 rings (SSSR count). The molecule has 2 fully saturated rings. The molecule has 0 aromatic carbocycles. The summed E-state index contributed by atoms with van der Waals surface area (Å²) in [5.74, 6) is 4.12. The van der Waals surface area contributed by atoms with E-state index in [9.17, 15) is 0 Å². The molecule has 7 heteroatoms. The van der Waals surface area contributed by atoms with Crippen molar-refractivity contribution in [2.45, 2.75) is 38.5 Å². The number of hydrogen-bond acceptors (Lipinski definition) is 5. The Labute approximate surface area is 167 Å². The molecule has 2 saturated heterocycles. The number of rotatable bonds is 5. The van der Waals surface area contributed by atoms with Gasteiger partial charge < -0.3 is 19.4 Å². The van der Waals surface area contributed by atoms with Crippen LogP contribution in [0, 0.1) is 6.92 Å². The topological polar surface area (TPSA) is 53.2 Å². The van der Waals surface area contributed by atoms with E-state index >= 15 is 0 Å². The first kappa shape index (κ1) is 20.6. The fourth-order valence-corrected chi connectivity index (χ4v) is 4.81. The molecule has 1 aromatic rings. The summed E-state index contributed by atoms with van der Waals surface area (Å²) in [4.78, 5) is 9.89. The largest absolute Gasteiger partial charge is 0.465 e. The number of ether oxygens (including phenoxy) is 1. The lowest BCUT2D eigenvalue weighted by Crippen LogP contribution is -2.51. The number of furan rings is 1. The van der Waals surface area contributed by atoms with E-state index in [2.05, 4.69) is 42.0 Å². The van der Waals surface area contributed by atoms with Crippen LogP contribution in [0.2, 0.25) is 0 Å². The zero-order valence-electron chi connectivity index (χ0n) is 17.2. The van der Waals surface area contributed by atoms with Gasteiger partial charge in [-0.05, 0) is 39.8 Å². The Balaban J connectivity index is 1.77. The quantitative estimate of drug-likeness (QED) is 0.612. The van der Waals surface area contributed by atoms with Crippen molar-refractivity contribution in [1.82, 2.24) is 15.1 Å². The Morgan fingerprint density at radius 2 is 2.07 bits per heavy atom. The first-order valence-electron chi connectivity index (χ1n) is 10.0. The summed E-state index contributed by atoms with van der Waals surface area (Å²) in [7, 11) is 0. The fourth-order valence-electron chi connectivity index (χ4n) is 3.70. The van der Waals surface area contributed by atoms with Gasteiger partial charge in [0.1, 0.15) is 11.5 Å². The van der Waals surface area contributed by atoms with Gasteiger partial charge in [-0.1, -0.05) is 0 Å².